The number of thiophene rings is 1. The van der Waals surface area contributed by atoms with E-state index in [0.29, 0.717) is 0 Å². The van der Waals surface area contributed by atoms with Gasteiger partial charge in [-0.05, 0) is 37.3 Å². The summed E-state index contributed by atoms with van der Waals surface area (Å²) in [5.74, 6) is 6.85. The Morgan fingerprint density at radius 1 is 1.40 bits per heavy atom. The first-order chi connectivity index (χ1) is 9.78. The number of aromatic nitrogens is 2. The van der Waals surface area contributed by atoms with Gasteiger partial charge >= 0.3 is 0 Å². The Morgan fingerprint density at radius 3 is 3.00 bits per heavy atom. The van der Waals surface area contributed by atoms with Crippen LogP contribution >= 0.6 is 11.3 Å². The van der Waals surface area contributed by atoms with Crippen molar-refractivity contribution in [3.05, 3.63) is 39.6 Å². The molecule has 2 aromatic rings. The molecule has 0 bridgehead atoms. The lowest BCUT2D eigenvalue weighted by molar-refractivity contribution is 0.537. The quantitative estimate of drug-likeness (QED) is 0.517. The molecule has 0 radical (unpaired) electrons. The van der Waals surface area contributed by atoms with E-state index in [-0.39, 0.29) is 6.04 Å². The van der Waals surface area contributed by atoms with Gasteiger partial charge in [-0.2, -0.15) is 0 Å². The fraction of sp³-hybridized carbons (Fsp3) is 0.533. The van der Waals surface area contributed by atoms with E-state index in [9.17, 15) is 0 Å². The smallest absolute Gasteiger partial charge is 0.110 e. The molecule has 1 atom stereocenters. The van der Waals surface area contributed by atoms with Gasteiger partial charge in [0.25, 0.3) is 0 Å². The largest absolute Gasteiger partial charge is 0.338 e. The molecule has 2 heterocycles. The second-order valence-electron chi connectivity index (χ2n) is 5.54. The van der Waals surface area contributed by atoms with Crippen LogP contribution in [0.25, 0.3) is 0 Å². The Labute approximate surface area is 124 Å². The lowest BCUT2D eigenvalue weighted by Crippen LogP contribution is -2.29. The molecule has 4 nitrogen and oxygen atoms in total. The molecule has 3 N–H and O–H groups in total. The van der Waals surface area contributed by atoms with Crippen LogP contribution in [-0.2, 0) is 26.3 Å². The van der Waals surface area contributed by atoms with Crippen molar-refractivity contribution < 1.29 is 0 Å². The molecule has 3 rings (SSSR count). The minimum Gasteiger partial charge on any atom is -0.338 e. The van der Waals surface area contributed by atoms with Crippen LogP contribution in [-0.4, -0.2) is 9.55 Å². The molecular weight excluding hydrogens is 268 g/mol. The highest BCUT2D eigenvalue weighted by Gasteiger charge is 2.19. The maximum absolute atomic E-state index is 5.78. The van der Waals surface area contributed by atoms with Crippen LogP contribution in [0, 0.1) is 0 Å². The Bertz CT molecular complexity index is 549. The summed E-state index contributed by atoms with van der Waals surface area (Å²) in [6.45, 7) is 0. The van der Waals surface area contributed by atoms with E-state index in [0.717, 1.165) is 12.2 Å². The van der Waals surface area contributed by atoms with E-state index < -0.39 is 0 Å². The van der Waals surface area contributed by atoms with Crippen LogP contribution in [0.15, 0.2) is 18.5 Å². The highest BCUT2D eigenvalue weighted by molar-refractivity contribution is 7.12. The van der Waals surface area contributed by atoms with Crippen molar-refractivity contribution in [2.45, 2.75) is 44.6 Å². The van der Waals surface area contributed by atoms with Crippen molar-refractivity contribution in [3.8, 4) is 0 Å². The van der Waals surface area contributed by atoms with Crippen LogP contribution in [0.3, 0.4) is 0 Å². The molecular formula is C15H22N4S. The zero-order chi connectivity index (χ0) is 13.9. The zero-order valence-electron chi connectivity index (χ0n) is 11.9. The predicted molar refractivity (Wildman–Crippen MR) is 82.6 cm³/mol. The van der Waals surface area contributed by atoms with E-state index >= 15 is 0 Å². The standard InChI is InChI=1S/C15H22N4S/c1-19-8-7-17-15(19)10-12(18-16)14-9-11-5-3-2-4-6-13(11)20-14/h7-9,12,18H,2-6,10,16H2,1H3. The minimum absolute atomic E-state index is 0.160. The molecule has 0 amide bonds. The summed E-state index contributed by atoms with van der Waals surface area (Å²) in [6.07, 6.45) is 11.1. The summed E-state index contributed by atoms with van der Waals surface area (Å²) < 4.78 is 2.06. The van der Waals surface area contributed by atoms with E-state index in [4.69, 9.17) is 5.84 Å². The van der Waals surface area contributed by atoms with Gasteiger partial charge < -0.3 is 4.57 Å². The molecule has 0 saturated carbocycles. The van der Waals surface area contributed by atoms with Gasteiger partial charge in [-0.15, -0.1) is 11.3 Å². The molecule has 0 fully saturated rings. The van der Waals surface area contributed by atoms with Crippen LogP contribution in [0.1, 0.15) is 46.4 Å². The van der Waals surface area contributed by atoms with Gasteiger partial charge in [-0.25, -0.2) is 4.98 Å². The monoisotopic (exact) mass is 290 g/mol. The molecule has 20 heavy (non-hydrogen) atoms. The molecule has 0 spiro atoms. The molecule has 5 heteroatoms. The van der Waals surface area contributed by atoms with Crippen LogP contribution in [0.5, 0.6) is 0 Å². The van der Waals surface area contributed by atoms with Crippen LogP contribution < -0.4 is 11.3 Å². The van der Waals surface area contributed by atoms with Gasteiger partial charge in [-0.1, -0.05) is 6.42 Å². The van der Waals surface area contributed by atoms with Crippen molar-refractivity contribution in [2.75, 3.05) is 0 Å². The SMILES string of the molecule is Cn1ccnc1CC(NN)c1cc2c(s1)CCCCC2. The van der Waals surface area contributed by atoms with Crippen molar-refractivity contribution in [1.82, 2.24) is 15.0 Å². The third-order valence-electron chi connectivity index (χ3n) is 4.12. The molecule has 1 unspecified atom stereocenters. The fourth-order valence-corrected chi connectivity index (χ4v) is 4.20. The van der Waals surface area contributed by atoms with Crippen molar-refractivity contribution in [3.63, 3.8) is 0 Å². The van der Waals surface area contributed by atoms with Gasteiger partial charge in [0, 0.05) is 35.6 Å². The van der Waals surface area contributed by atoms with Crippen molar-refractivity contribution in [1.29, 1.82) is 0 Å². The number of nitrogens with two attached hydrogens (primary N) is 1. The second kappa shape index (κ2) is 6.08. The lowest BCUT2D eigenvalue weighted by Gasteiger charge is -2.14. The Kier molecular flexibility index (Phi) is 4.19. The zero-order valence-corrected chi connectivity index (χ0v) is 12.7. The average molecular weight is 290 g/mol. The number of nitrogens with zero attached hydrogens (tertiary/aromatic N) is 2. The lowest BCUT2D eigenvalue weighted by atomic mass is 10.1. The average Bonchev–Trinajstić information content (AvgIpc) is 2.97. The van der Waals surface area contributed by atoms with Crippen molar-refractivity contribution >= 4 is 11.3 Å². The summed E-state index contributed by atoms with van der Waals surface area (Å²) in [5.41, 5.74) is 4.51. The fourth-order valence-electron chi connectivity index (χ4n) is 2.88. The summed E-state index contributed by atoms with van der Waals surface area (Å²) >= 11 is 1.93. The molecule has 108 valence electrons. The maximum Gasteiger partial charge on any atom is 0.110 e. The molecule has 1 aliphatic rings. The highest BCUT2D eigenvalue weighted by Crippen LogP contribution is 2.33. The minimum atomic E-state index is 0.160. The van der Waals surface area contributed by atoms with Gasteiger partial charge in [0.05, 0.1) is 6.04 Å². The van der Waals surface area contributed by atoms with Crippen LogP contribution in [0.4, 0.5) is 0 Å². The summed E-state index contributed by atoms with van der Waals surface area (Å²) in [7, 11) is 2.03. The second-order valence-corrected chi connectivity index (χ2v) is 6.70. The van der Waals surface area contributed by atoms with E-state index in [1.807, 2.05) is 30.8 Å². The van der Waals surface area contributed by atoms with Crippen molar-refractivity contribution in [2.24, 2.45) is 12.9 Å². The summed E-state index contributed by atoms with van der Waals surface area (Å²) in [4.78, 5) is 7.31. The number of rotatable bonds is 4. The predicted octanol–water partition coefficient (Wildman–Crippen LogP) is 2.50. The third-order valence-corrected chi connectivity index (χ3v) is 5.47. The van der Waals surface area contributed by atoms with E-state index in [1.165, 1.54) is 37.0 Å². The van der Waals surface area contributed by atoms with Gasteiger partial charge in [0.1, 0.15) is 5.82 Å². The molecule has 0 saturated heterocycles. The van der Waals surface area contributed by atoms with Crippen LogP contribution in [0.2, 0.25) is 0 Å². The van der Waals surface area contributed by atoms with E-state index in [1.54, 1.807) is 10.4 Å². The molecule has 0 aromatic carbocycles. The highest BCUT2D eigenvalue weighted by atomic mass is 32.1. The Hall–Kier alpha value is -1.17. The summed E-state index contributed by atoms with van der Waals surface area (Å²) in [5, 5.41) is 0. The molecule has 1 aliphatic carbocycles. The molecule has 2 aromatic heterocycles. The number of imidazole rings is 1. The number of hydrogen-bond donors (Lipinski definition) is 2. The van der Waals surface area contributed by atoms with E-state index in [2.05, 4.69) is 21.0 Å². The number of hydrogen-bond acceptors (Lipinski definition) is 4. The summed E-state index contributed by atoms with van der Waals surface area (Å²) in [6, 6.07) is 2.52. The first-order valence-electron chi connectivity index (χ1n) is 7.31. The number of aryl methyl sites for hydroxylation is 3. The first-order valence-corrected chi connectivity index (χ1v) is 8.13. The third kappa shape index (κ3) is 2.80. The molecule has 0 aliphatic heterocycles. The van der Waals surface area contributed by atoms with Gasteiger partial charge in [0.15, 0.2) is 0 Å². The number of hydrazine groups is 1. The number of fused-ring (bicyclic) bond motifs is 1. The topological polar surface area (TPSA) is 55.9 Å². The normalized spacial score (nSPS) is 16.7. The Balaban J connectivity index is 1.81. The maximum atomic E-state index is 5.78. The van der Waals surface area contributed by atoms with Gasteiger partial charge in [-0.3, -0.25) is 11.3 Å². The number of nitrogens with one attached hydrogen (secondary N) is 1. The first kappa shape index (κ1) is 13.8. The van der Waals surface area contributed by atoms with Gasteiger partial charge in [0.2, 0.25) is 0 Å². The Morgan fingerprint density at radius 2 is 2.25 bits per heavy atom.